The Labute approximate surface area is 278 Å². The van der Waals surface area contributed by atoms with Crippen LogP contribution in [0, 0.1) is 17.8 Å². The Morgan fingerprint density at radius 2 is 1.68 bits per heavy atom. The number of methoxy groups -OCH3 is 1. The summed E-state index contributed by atoms with van der Waals surface area (Å²) in [7, 11) is 2.73. The van der Waals surface area contributed by atoms with Gasteiger partial charge in [0.2, 0.25) is 17.7 Å². The van der Waals surface area contributed by atoms with Gasteiger partial charge >= 0.3 is 0 Å². The third kappa shape index (κ3) is 3.82. The summed E-state index contributed by atoms with van der Waals surface area (Å²) in [4.78, 5) is 58.4. The van der Waals surface area contributed by atoms with Crippen LogP contribution in [0.25, 0.3) is 22.6 Å². The first-order chi connectivity index (χ1) is 22.5. The van der Waals surface area contributed by atoms with Crippen LogP contribution in [0.4, 0.5) is 5.69 Å². The number of para-hydroxylation sites is 2. The highest BCUT2D eigenvalue weighted by Gasteiger charge is 2.76. The largest absolute Gasteiger partial charge is 0.508 e. The Balaban J connectivity index is 1.20. The van der Waals surface area contributed by atoms with E-state index in [-0.39, 0.29) is 35.8 Å². The molecule has 1 aromatic heterocycles. The number of anilines is 1. The fourth-order valence-electron chi connectivity index (χ4n) is 8.07. The monoisotopic (exact) mass is 671 g/mol. The van der Waals surface area contributed by atoms with Gasteiger partial charge < -0.3 is 14.3 Å². The number of phenols is 1. The van der Waals surface area contributed by atoms with Crippen LogP contribution < -0.4 is 9.64 Å². The molecule has 4 aromatic rings. The summed E-state index contributed by atoms with van der Waals surface area (Å²) in [6.45, 7) is 0. The lowest BCUT2D eigenvalue weighted by molar-refractivity contribution is -0.138. The van der Waals surface area contributed by atoms with Crippen molar-refractivity contribution in [2.24, 2.45) is 17.8 Å². The lowest BCUT2D eigenvalue weighted by Crippen LogP contribution is -2.60. The Hall–Kier alpha value is -4.67. The van der Waals surface area contributed by atoms with Crippen LogP contribution in [0.3, 0.4) is 0 Å². The molecule has 238 valence electrons. The van der Waals surface area contributed by atoms with Crippen molar-refractivity contribution in [3.63, 3.8) is 0 Å². The topological polar surface area (TPSA) is 130 Å². The number of nitrogens with zero attached hydrogens (tertiary/aromatic N) is 3. The second-order valence-electron chi connectivity index (χ2n) is 12.4. The van der Waals surface area contributed by atoms with Crippen molar-refractivity contribution in [3.8, 4) is 23.0 Å². The molecule has 0 spiro atoms. The molecular formula is C35H27Cl2N3O7. The van der Waals surface area contributed by atoms with E-state index in [2.05, 4.69) is 4.98 Å². The number of alkyl halides is 2. The van der Waals surface area contributed by atoms with Crippen LogP contribution in [0.1, 0.15) is 24.3 Å². The lowest BCUT2D eigenvalue weighted by atomic mass is 9.56. The summed E-state index contributed by atoms with van der Waals surface area (Å²) < 4.78 is 11.5. The molecule has 1 saturated carbocycles. The second kappa shape index (κ2) is 10.2. The van der Waals surface area contributed by atoms with Gasteiger partial charge in [-0.25, -0.2) is 4.98 Å². The van der Waals surface area contributed by atoms with Gasteiger partial charge in [-0.2, -0.15) is 0 Å². The molecular weight excluding hydrogens is 645 g/mol. The number of amides is 4. The molecule has 0 bridgehead atoms. The smallest absolute Gasteiger partial charge is 0.253 e. The van der Waals surface area contributed by atoms with E-state index in [1.54, 1.807) is 36.4 Å². The molecule has 2 aliphatic carbocycles. The second-order valence-corrected chi connectivity index (χ2v) is 13.7. The van der Waals surface area contributed by atoms with E-state index >= 15 is 0 Å². The molecule has 1 N–H and O–H groups in total. The minimum atomic E-state index is -2.03. The summed E-state index contributed by atoms with van der Waals surface area (Å²) in [5.74, 6) is -5.29. The quantitative estimate of drug-likeness (QED) is 0.173. The fraction of sp³-hybridized carbons (Fsp3) is 0.286. The summed E-state index contributed by atoms with van der Waals surface area (Å²) in [6, 6.07) is 18.8. The van der Waals surface area contributed by atoms with Gasteiger partial charge in [0.05, 0.1) is 24.6 Å². The maximum atomic E-state index is 14.3. The molecule has 2 aliphatic heterocycles. The number of ether oxygens (including phenoxy) is 1. The van der Waals surface area contributed by atoms with E-state index in [9.17, 15) is 24.3 Å². The number of hydrogen-bond acceptors (Lipinski definition) is 8. The highest BCUT2D eigenvalue weighted by atomic mass is 35.5. The van der Waals surface area contributed by atoms with E-state index < -0.39 is 51.1 Å². The maximum Gasteiger partial charge on any atom is 0.253 e. The molecule has 6 unspecified atom stereocenters. The number of likely N-dealkylation sites (tertiary alicyclic amines) is 1. The number of halogens is 2. The molecule has 0 radical (unpaired) electrons. The summed E-state index contributed by atoms with van der Waals surface area (Å²) in [5, 5.41) is 11.2. The zero-order chi connectivity index (χ0) is 33.0. The van der Waals surface area contributed by atoms with Crippen molar-refractivity contribution in [2.45, 2.75) is 28.5 Å². The first-order valence-corrected chi connectivity index (χ1v) is 15.9. The third-order valence-electron chi connectivity index (χ3n) is 10.2. The van der Waals surface area contributed by atoms with Gasteiger partial charge in [-0.15, -0.1) is 23.2 Å². The number of imide groups is 2. The van der Waals surface area contributed by atoms with Crippen LogP contribution in [0.5, 0.6) is 11.5 Å². The third-order valence-corrected chi connectivity index (χ3v) is 11.6. The van der Waals surface area contributed by atoms with Gasteiger partial charge in [0.15, 0.2) is 15.3 Å². The average Bonchev–Trinajstić information content (AvgIpc) is 3.66. The SMILES string of the molecule is COc1cccc(O)c1C1C2=CCC3C(=O)N(c4ccc(-c5nc6ccccc6o5)cc4)C(=O)C3C2CC2(Cl)C(=O)N(C)C(=O)C12Cl. The molecule has 10 nitrogen and oxygen atoms in total. The van der Waals surface area contributed by atoms with Gasteiger partial charge in [0.1, 0.15) is 17.0 Å². The summed E-state index contributed by atoms with van der Waals surface area (Å²) in [6.07, 6.45) is 1.84. The van der Waals surface area contributed by atoms with E-state index in [0.717, 1.165) is 4.90 Å². The number of carbonyl (C=O) groups excluding carboxylic acids is 4. The Morgan fingerprint density at radius 3 is 2.40 bits per heavy atom. The zero-order valence-electron chi connectivity index (χ0n) is 25.1. The Morgan fingerprint density at radius 1 is 0.936 bits per heavy atom. The van der Waals surface area contributed by atoms with Crippen molar-refractivity contribution in [1.29, 1.82) is 0 Å². The predicted octanol–water partition coefficient (Wildman–Crippen LogP) is 5.40. The lowest BCUT2D eigenvalue weighted by Gasteiger charge is -2.50. The number of fused-ring (bicyclic) bond motifs is 5. The molecule has 2 saturated heterocycles. The number of rotatable bonds is 4. The Bertz CT molecular complexity index is 2040. The van der Waals surface area contributed by atoms with Gasteiger partial charge in [-0.05, 0) is 67.3 Å². The normalized spacial score (nSPS) is 30.0. The molecule has 4 amide bonds. The van der Waals surface area contributed by atoms with E-state index in [0.29, 0.717) is 33.8 Å². The first-order valence-electron chi connectivity index (χ1n) is 15.1. The summed E-state index contributed by atoms with van der Waals surface area (Å²) in [5.41, 5.74) is 3.15. The van der Waals surface area contributed by atoms with Crippen LogP contribution in [0.2, 0.25) is 0 Å². The van der Waals surface area contributed by atoms with Gasteiger partial charge in [0.25, 0.3) is 11.8 Å². The summed E-state index contributed by atoms with van der Waals surface area (Å²) >= 11 is 14.5. The van der Waals surface area contributed by atoms with E-state index in [1.807, 2.05) is 30.3 Å². The molecule has 3 aromatic carbocycles. The molecule has 12 heteroatoms. The molecule has 6 atom stereocenters. The van der Waals surface area contributed by atoms with Crippen LogP contribution in [0.15, 0.2) is 82.8 Å². The minimum absolute atomic E-state index is 0.157. The van der Waals surface area contributed by atoms with Gasteiger partial charge in [-0.1, -0.05) is 29.8 Å². The van der Waals surface area contributed by atoms with Crippen molar-refractivity contribution >= 4 is 63.6 Å². The maximum absolute atomic E-state index is 14.3. The van der Waals surface area contributed by atoms with Crippen molar-refractivity contribution in [3.05, 3.63) is 83.9 Å². The van der Waals surface area contributed by atoms with Crippen LogP contribution in [-0.2, 0) is 19.2 Å². The number of allylic oxidation sites excluding steroid dienone is 2. The fourth-order valence-corrected chi connectivity index (χ4v) is 9.07. The molecule has 3 heterocycles. The van der Waals surface area contributed by atoms with E-state index in [4.69, 9.17) is 32.4 Å². The first kappa shape index (κ1) is 29.7. The number of phenolic OH excluding ortho intramolecular Hbond substituents is 1. The molecule has 3 fully saturated rings. The van der Waals surface area contributed by atoms with Crippen molar-refractivity contribution in [1.82, 2.24) is 9.88 Å². The van der Waals surface area contributed by atoms with Crippen LogP contribution >= 0.6 is 23.2 Å². The number of carbonyl (C=O) groups is 4. The van der Waals surface area contributed by atoms with Gasteiger partial charge in [-0.3, -0.25) is 29.0 Å². The molecule has 4 aliphatic rings. The predicted molar refractivity (Wildman–Crippen MR) is 172 cm³/mol. The highest BCUT2D eigenvalue weighted by Crippen LogP contribution is 2.67. The van der Waals surface area contributed by atoms with Gasteiger partial charge in [0, 0.05) is 24.1 Å². The Kier molecular flexibility index (Phi) is 6.43. The zero-order valence-corrected chi connectivity index (χ0v) is 26.7. The average molecular weight is 673 g/mol. The van der Waals surface area contributed by atoms with E-state index in [1.165, 1.54) is 25.1 Å². The van der Waals surface area contributed by atoms with Crippen molar-refractivity contribution < 1.29 is 33.4 Å². The number of hydrogen-bond donors (Lipinski definition) is 1. The van der Waals surface area contributed by atoms with Crippen molar-refractivity contribution in [2.75, 3.05) is 19.1 Å². The number of aromatic nitrogens is 1. The number of benzene rings is 3. The minimum Gasteiger partial charge on any atom is -0.508 e. The standard InChI is InChI=1S/C35H27Cl2N3O7/c1-39-32(44)34(36)16-21-19(28(35(34,37)33(39)45)27-23(41)7-5-9-25(27)46-2)14-15-20-26(21)31(43)40(30(20)42)18-12-10-17(11-13-18)29-38-22-6-3-4-8-24(22)47-29/h3-14,20-21,26,28,41H,15-16H2,1-2H3. The number of oxazole rings is 1. The van der Waals surface area contributed by atoms with Crippen LogP contribution in [-0.4, -0.2) is 62.5 Å². The molecule has 47 heavy (non-hydrogen) atoms. The highest BCUT2D eigenvalue weighted by molar-refractivity contribution is 6.53. The molecule has 8 rings (SSSR count). The number of aromatic hydroxyl groups is 1.